The molecular formula is C21H35ClN4O11. The van der Waals surface area contributed by atoms with E-state index < -0.39 is 36.4 Å². The number of halogens is 1. The highest BCUT2D eigenvalue weighted by atomic mass is 35.5. The molecule has 6 N–H and O–H groups in total. The zero-order chi connectivity index (χ0) is 27.9. The quantitative estimate of drug-likeness (QED) is 0.0589. The van der Waals surface area contributed by atoms with Crippen LogP contribution in [0.25, 0.3) is 0 Å². The molecule has 4 amide bonds. The molecule has 0 spiro atoms. The number of amides is 4. The molecule has 0 aromatic heterocycles. The second-order valence-corrected chi connectivity index (χ2v) is 7.66. The molecule has 0 aliphatic carbocycles. The number of carbonyl (C=O) groups is 6. The van der Waals surface area contributed by atoms with E-state index in [9.17, 15) is 33.9 Å². The lowest BCUT2D eigenvalue weighted by Gasteiger charge is -2.15. The molecule has 16 heteroatoms. The van der Waals surface area contributed by atoms with Crippen molar-refractivity contribution >= 4 is 47.2 Å². The summed E-state index contributed by atoms with van der Waals surface area (Å²) in [6.07, 6.45) is 0.249. The van der Waals surface area contributed by atoms with Crippen LogP contribution in [0.3, 0.4) is 0 Å². The Kier molecular flexibility index (Phi) is 20.4. The molecule has 0 heterocycles. The first-order chi connectivity index (χ1) is 17.6. The van der Waals surface area contributed by atoms with Gasteiger partial charge in [-0.3, -0.25) is 24.0 Å². The van der Waals surface area contributed by atoms with E-state index in [1.54, 1.807) is 0 Å². The molecule has 0 aromatic rings. The fourth-order valence-electron chi connectivity index (χ4n) is 2.51. The largest absolute Gasteiger partial charge is 0.481 e. The number of alkyl halides is 1. The Hall–Kier alpha value is -3.01. The van der Waals surface area contributed by atoms with Crippen LogP contribution in [-0.4, -0.2) is 117 Å². The van der Waals surface area contributed by atoms with Gasteiger partial charge in [-0.25, -0.2) is 4.79 Å². The molecule has 1 unspecified atom stereocenters. The summed E-state index contributed by atoms with van der Waals surface area (Å²) in [5, 5.41) is 27.5. The molecule has 37 heavy (non-hydrogen) atoms. The Labute approximate surface area is 218 Å². The van der Waals surface area contributed by atoms with Crippen LogP contribution in [0.2, 0.25) is 0 Å². The zero-order valence-electron chi connectivity index (χ0n) is 20.4. The summed E-state index contributed by atoms with van der Waals surface area (Å²) in [4.78, 5) is 67.7. The topological polar surface area (TPSA) is 219 Å². The predicted octanol–water partition coefficient (Wildman–Crippen LogP) is -2.16. The molecule has 0 aliphatic heterocycles. The number of hydrogen-bond acceptors (Lipinski definition) is 9. The normalized spacial score (nSPS) is 11.3. The van der Waals surface area contributed by atoms with Gasteiger partial charge in [-0.05, 0) is 12.8 Å². The average molecular weight is 555 g/mol. The molecule has 0 fully saturated rings. The van der Waals surface area contributed by atoms with Crippen molar-refractivity contribution in [1.29, 1.82) is 0 Å². The molecule has 1 atom stereocenters. The number of carbonyl (C=O) groups excluding carboxylic acids is 4. The standard InChI is InChI=1S/C21H35ClN4O11/c22-12-17(28)25-7-9-36-14-19(30)26-15(21(33)34)4-5-23-18(29)13-37-11-10-35-8-6-24-16(27)2-1-3-20(31)32/h15H,1-14H2,(H,23,29)(H,24,27)(H,25,28)(H,26,30)(H,31,32)(H,33,34). The van der Waals surface area contributed by atoms with Crippen LogP contribution in [-0.2, 0) is 43.0 Å². The molecule has 0 aromatic carbocycles. The molecule has 0 saturated carbocycles. The van der Waals surface area contributed by atoms with Gasteiger partial charge in [0, 0.05) is 32.5 Å². The monoisotopic (exact) mass is 554 g/mol. The average Bonchev–Trinajstić information content (AvgIpc) is 2.84. The van der Waals surface area contributed by atoms with Crippen molar-refractivity contribution in [3.05, 3.63) is 0 Å². The first-order valence-corrected chi connectivity index (χ1v) is 12.0. The van der Waals surface area contributed by atoms with Crippen LogP contribution in [0, 0.1) is 0 Å². The summed E-state index contributed by atoms with van der Waals surface area (Å²) in [7, 11) is 0. The number of rotatable bonds is 23. The van der Waals surface area contributed by atoms with Gasteiger partial charge in [0.15, 0.2) is 0 Å². The third-order valence-electron chi connectivity index (χ3n) is 4.28. The molecule has 0 radical (unpaired) electrons. The van der Waals surface area contributed by atoms with Crippen molar-refractivity contribution < 1.29 is 53.2 Å². The van der Waals surface area contributed by atoms with Crippen molar-refractivity contribution in [3.8, 4) is 0 Å². The van der Waals surface area contributed by atoms with Crippen molar-refractivity contribution in [2.75, 3.05) is 65.2 Å². The van der Waals surface area contributed by atoms with Gasteiger partial charge in [-0.15, -0.1) is 11.6 Å². The number of nitrogens with one attached hydrogen (secondary N) is 4. The Morgan fingerprint density at radius 1 is 0.676 bits per heavy atom. The van der Waals surface area contributed by atoms with E-state index in [-0.39, 0.29) is 96.0 Å². The maximum atomic E-state index is 11.8. The minimum Gasteiger partial charge on any atom is -0.481 e. The fourth-order valence-corrected chi connectivity index (χ4v) is 2.61. The van der Waals surface area contributed by atoms with Crippen molar-refractivity contribution in [2.24, 2.45) is 0 Å². The van der Waals surface area contributed by atoms with Crippen LogP contribution in [0.5, 0.6) is 0 Å². The Morgan fingerprint density at radius 2 is 1.24 bits per heavy atom. The van der Waals surface area contributed by atoms with E-state index >= 15 is 0 Å². The van der Waals surface area contributed by atoms with E-state index in [4.69, 9.17) is 30.9 Å². The lowest BCUT2D eigenvalue weighted by atomic mass is 10.2. The van der Waals surface area contributed by atoms with Crippen LogP contribution in [0.4, 0.5) is 0 Å². The van der Waals surface area contributed by atoms with Crippen LogP contribution >= 0.6 is 11.6 Å². The van der Waals surface area contributed by atoms with Gasteiger partial charge in [-0.1, -0.05) is 0 Å². The second-order valence-electron chi connectivity index (χ2n) is 7.40. The lowest BCUT2D eigenvalue weighted by Crippen LogP contribution is -2.44. The van der Waals surface area contributed by atoms with Gasteiger partial charge >= 0.3 is 11.9 Å². The number of hydrogen-bond donors (Lipinski definition) is 6. The summed E-state index contributed by atoms with van der Waals surface area (Å²) < 4.78 is 15.4. The SMILES string of the molecule is O=C(O)CCCC(=O)NCCOCCOCC(=O)NCCC(NC(=O)COCCNC(=O)CCl)C(=O)O. The van der Waals surface area contributed by atoms with Crippen LogP contribution in [0.15, 0.2) is 0 Å². The Bertz CT molecular complexity index is 739. The predicted molar refractivity (Wildman–Crippen MR) is 128 cm³/mol. The van der Waals surface area contributed by atoms with E-state index in [1.165, 1.54) is 0 Å². The van der Waals surface area contributed by atoms with Gasteiger partial charge in [-0.2, -0.15) is 0 Å². The minimum atomic E-state index is -1.28. The lowest BCUT2D eigenvalue weighted by molar-refractivity contribution is -0.143. The first-order valence-electron chi connectivity index (χ1n) is 11.5. The maximum absolute atomic E-state index is 11.8. The molecular weight excluding hydrogens is 520 g/mol. The molecule has 212 valence electrons. The highest BCUT2D eigenvalue weighted by Crippen LogP contribution is 1.95. The summed E-state index contributed by atoms with van der Waals surface area (Å²) in [5.41, 5.74) is 0. The third kappa shape index (κ3) is 22.0. The maximum Gasteiger partial charge on any atom is 0.326 e. The van der Waals surface area contributed by atoms with Gasteiger partial charge < -0.3 is 45.7 Å². The summed E-state index contributed by atoms with van der Waals surface area (Å²) in [5.74, 6) is -4.21. The van der Waals surface area contributed by atoms with Crippen LogP contribution in [0.1, 0.15) is 25.7 Å². The number of aliphatic carboxylic acids is 2. The van der Waals surface area contributed by atoms with Crippen molar-refractivity contribution in [2.45, 2.75) is 31.7 Å². The molecule has 0 aliphatic rings. The smallest absolute Gasteiger partial charge is 0.326 e. The van der Waals surface area contributed by atoms with E-state index in [0.29, 0.717) is 0 Å². The van der Waals surface area contributed by atoms with E-state index in [2.05, 4.69) is 21.3 Å². The van der Waals surface area contributed by atoms with Crippen molar-refractivity contribution in [1.82, 2.24) is 21.3 Å². The molecule has 0 saturated heterocycles. The zero-order valence-corrected chi connectivity index (χ0v) is 21.2. The number of ether oxygens (including phenoxy) is 3. The molecule has 0 bridgehead atoms. The Morgan fingerprint density at radius 3 is 1.89 bits per heavy atom. The van der Waals surface area contributed by atoms with Gasteiger partial charge in [0.05, 0.1) is 26.4 Å². The van der Waals surface area contributed by atoms with Crippen molar-refractivity contribution in [3.63, 3.8) is 0 Å². The fraction of sp³-hybridized carbons (Fsp3) is 0.714. The number of carboxylic acids is 2. The summed E-state index contributed by atoms with van der Waals surface area (Å²) in [6, 6.07) is -1.24. The van der Waals surface area contributed by atoms with E-state index in [1.807, 2.05) is 0 Å². The number of carboxylic acid groups (broad SMARTS) is 2. The van der Waals surface area contributed by atoms with E-state index in [0.717, 1.165) is 0 Å². The molecule has 15 nitrogen and oxygen atoms in total. The van der Waals surface area contributed by atoms with Gasteiger partial charge in [0.1, 0.15) is 25.1 Å². The summed E-state index contributed by atoms with van der Waals surface area (Å²) in [6.45, 7) is 0.264. The highest BCUT2D eigenvalue weighted by Gasteiger charge is 2.20. The highest BCUT2D eigenvalue weighted by molar-refractivity contribution is 6.27. The van der Waals surface area contributed by atoms with Gasteiger partial charge in [0.2, 0.25) is 23.6 Å². The Balaban J connectivity index is 3.80. The first kappa shape index (κ1) is 34.0. The minimum absolute atomic E-state index is 0.0204. The van der Waals surface area contributed by atoms with Crippen LogP contribution < -0.4 is 21.3 Å². The third-order valence-corrected chi connectivity index (χ3v) is 4.52. The molecule has 0 rings (SSSR count). The second kappa shape index (κ2) is 22.2. The van der Waals surface area contributed by atoms with Gasteiger partial charge in [0.25, 0.3) is 0 Å². The summed E-state index contributed by atoms with van der Waals surface area (Å²) >= 11 is 5.31.